The summed E-state index contributed by atoms with van der Waals surface area (Å²) >= 11 is 0. The van der Waals surface area contributed by atoms with Crippen molar-refractivity contribution in [2.45, 2.75) is 71.3 Å². The smallest absolute Gasteiger partial charge is 0.123 e. The summed E-state index contributed by atoms with van der Waals surface area (Å²) in [5.41, 5.74) is 2.74. The van der Waals surface area contributed by atoms with E-state index in [1.165, 1.54) is 11.1 Å². The Morgan fingerprint density at radius 1 is 1.24 bits per heavy atom. The first kappa shape index (κ1) is 16.4. The third-order valence-corrected chi connectivity index (χ3v) is 4.63. The van der Waals surface area contributed by atoms with Crippen LogP contribution < -0.4 is 4.74 Å². The van der Waals surface area contributed by atoms with E-state index in [1.807, 2.05) is 0 Å². The molecule has 2 unspecified atom stereocenters. The standard InChI is InChI=1S/C19H30O2/c1-5-14-9-10-18(16(13-14)19(2,3)4)21-12-11-15-7-6-8-17(15)20/h9-10,13,15,17,20H,5-8,11-12H2,1-4H3. The summed E-state index contributed by atoms with van der Waals surface area (Å²) in [5.74, 6) is 1.44. The van der Waals surface area contributed by atoms with E-state index in [0.717, 1.165) is 37.9 Å². The maximum Gasteiger partial charge on any atom is 0.123 e. The number of aryl methyl sites for hydroxylation is 1. The molecule has 0 radical (unpaired) electrons. The minimum Gasteiger partial charge on any atom is -0.493 e. The largest absolute Gasteiger partial charge is 0.493 e. The molecule has 118 valence electrons. The molecule has 2 nitrogen and oxygen atoms in total. The van der Waals surface area contributed by atoms with Crippen LogP contribution in [0.3, 0.4) is 0 Å². The number of hydrogen-bond donors (Lipinski definition) is 1. The highest BCUT2D eigenvalue weighted by Crippen LogP contribution is 2.33. The van der Waals surface area contributed by atoms with E-state index in [-0.39, 0.29) is 11.5 Å². The molecule has 0 aromatic heterocycles. The second kappa shape index (κ2) is 6.83. The van der Waals surface area contributed by atoms with E-state index in [2.05, 4.69) is 45.9 Å². The molecular weight excluding hydrogens is 260 g/mol. The van der Waals surface area contributed by atoms with Gasteiger partial charge in [-0.2, -0.15) is 0 Å². The molecule has 0 aliphatic heterocycles. The molecule has 0 saturated heterocycles. The topological polar surface area (TPSA) is 29.5 Å². The molecule has 2 rings (SSSR count). The van der Waals surface area contributed by atoms with Gasteiger partial charge in [-0.1, -0.05) is 46.2 Å². The van der Waals surface area contributed by atoms with Crippen molar-refractivity contribution in [1.29, 1.82) is 0 Å². The lowest BCUT2D eigenvalue weighted by Crippen LogP contribution is -2.18. The molecule has 21 heavy (non-hydrogen) atoms. The van der Waals surface area contributed by atoms with Crippen LogP contribution in [0.15, 0.2) is 18.2 Å². The van der Waals surface area contributed by atoms with Crippen LogP contribution in [-0.2, 0) is 11.8 Å². The first-order valence-corrected chi connectivity index (χ1v) is 8.36. The van der Waals surface area contributed by atoms with Gasteiger partial charge in [0.2, 0.25) is 0 Å². The van der Waals surface area contributed by atoms with Crippen LogP contribution in [0, 0.1) is 5.92 Å². The van der Waals surface area contributed by atoms with Crippen molar-refractivity contribution in [3.8, 4) is 5.75 Å². The Balaban J connectivity index is 2.02. The first-order chi connectivity index (χ1) is 9.91. The number of rotatable bonds is 5. The molecule has 2 heteroatoms. The third kappa shape index (κ3) is 4.23. The van der Waals surface area contributed by atoms with Gasteiger partial charge in [0.15, 0.2) is 0 Å². The van der Waals surface area contributed by atoms with E-state index in [1.54, 1.807) is 0 Å². The van der Waals surface area contributed by atoms with Gasteiger partial charge in [0.25, 0.3) is 0 Å². The minimum atomic E-state index is -0.113. The fourth-order valence-electron chi connectivity index (χ4n) is 3.18. The lowest BCUT2D eigenvalue weighted by molar-refractivity contribution is 0.116. The average Bonchev–Trinajstić information content (AvgIpc) is 2.83. The normalized spacial score (nSPS) is 22.5. The van der Waals surface area contributed by atoms with E-state index < -0.39 is 0 Å². The predicted molar refractivity (Wildman–Crippen MR) is 88.0 cm³/mol. The van der Waals surface area contributed by atoms with Crippen molar-refractivity contribution in [2.75, 3.05) is 6.61 Å². The molecule has 1 saturated carbocycles. The molecular formula is C19H30O2. The van der Waals surface area contributed by atoms with Crippen LogP contribution in [0.4, 0.5) is 0 Å². The molecule has 0 heterocycles. The SMILES string of the molecule is CCc1ccc(OCCC2CCCC2O)c(C(C)(C)C)c1. The summed E-state index contributed by atoms with van der Waals surface area (Å²) in [5, 5.41) is 9.88. The van der Waals surface area contributed by atoms with E-state index in [4.69, 9.17) is 4.74 Å². The van der Waals surface area contributed by atoms with Gasteiger partial charge in [-0.05, 0) is 54.2 Å². The Kier molecular flexibility index (Phi) is 5.32. The second-order valence-corrected chi connectivity index (χ2v) is 7.33. The van der Waals surface area contributed by atoms with Gasteiger partial charge in [-0.3, -0.25) is 0 Å². The first-order valence-electron chi connectivity index (χ1n) is 8.36. The highest BCUT2D eigenvalue weighted by atomic mass is 16.5. The van der Waals surface area contributed by atoms with Gasteiger partial charge in [0.05, 0.1) is 12.7 Å². The van der Waals surface area contributed by atoms with Gasteiger partial charge in [0.1, 0.15) is 5.75 Å². The third-order valence-electron chi connectivity index (χ3n) is 4.63. The van der Waals surface area contributed by atoms with Crippen LogP contribution >= 0.6 is 0 Å². The van der Waals surface area contributed by atoms with Crippen LogP contribution in [0.1, 0.15) is 64.5 Å². The molecule has 1 aliphatic carbocycles. The van der Waals surface area contributed by atoms with E-state index in [9.17, 15) is 5.11 Å². The molecule has 1 N–H and O–H groups in total. The highest BCUT2D eigenvalue weighted by Gasteiger charge is 2.25. The zero-order valence-corrected chi connectivity index (χ0v) is 14.0. The van der Waals surface area contributed by atoms with Crippen molar-refractivity contribution >= 4 is 0 Å². The molecule has 1 aliphatic rings. The summed E-state index contributed by atoms with van der Waals surface area (Å²) in [7, 11) is 0. The summed E-state index contributed by atoms with van der Waals surface area (Å²) in [6.07, 6.45) is 5.16. The summed E-state index contributed by atoms with van der Waals surface area (Å²) in [6, 6.07) is 6.55. The van der Waals surface area contributed by atoms with E-state index >= 15 is 0 Å². The fourth-order valence-corrected chi connectivity index (χ4v) is 3.18. The Labute approximate surface area is 129 Å². The highest BCUT2D eigenvalue weighted by molar-refractivity contribution is 5.41. The summed E-state index contributed by atoms with van der Waals surface area (Å²) in [6.45, 7) is 9.58. The number of ether oxygens (including phenoxy) is 1. The van der Waals surface area contributed by atoms with Crippen molar-refractivity contribution in [2.24, 2.45) is 5.92 Å². The molecule has 1 fully saturated rings. The lowest BCUT2D eigenvalue weighted by Gasteiger charge is -2.24. The van der Waals surface area contributed by atoms with Gasteiger partial charge < -0.3 is 9.84 Å². The van der Waals surface area contributed by atoms with Crippen molar-refractivity contribution in [3.05, 3.63) is 29.3 Å². The zero-order chi connectivity index (χ0) is 15.5. The number of hydrogen-bond acceptors (Lipinski definition) is 2. The van der Waals surface area contributed by atoms with Crippen LogP contribution in [0.25, 0.3) is 0 Å². The van der Waals surface area contributed by atoms with Crippen LogP contribution in [-0.4, -0.2) is 17.8 Å². The zero-order valence-electron chi connectivity index (χ0n) is 14.0. The molecule has 0 bridgehead atoms. The molecule has 0 spiro atoms. The predicted octanol–water partition coefficient (Wildman–Crippen LogP) is 4.48. The summed E-state index contributed by atoms with van der Waals surface area (Å²) < 4.78 is 6.06. The van der Waals surface area contributed by atoms with Crippen molar-refractivity contribution in [1.82, 2.24) is 0 Å². The Morgan fingerprint density at radius 3 is 2.57 bits per heavy atom. The van der Waals surface area contributed by atoms with Crippen LogP contribution in [0.2, 0.25) is 0 Å². The van der Waals surface area contributed by atoms with Gasteiger partial charge in [-0.15, -0.1) is 0 Å². The average molecular weight is 290 g/mol. The Bertz CT molecular complexity index is 459. The van der Waals surface area contributed by atoms with Crippen LogP contribution in [0.5, 0.6) is 5.75 Å². The number of aliphatic hydroxyl groups is 1. The number of benzene rings is 1. The minimum absolute atomic E-state index is 0.0907. The lowest BCUT2D eigenvalue weighted by atomic mass is 9.85. The quantitative estimate of drug-likeness (QED) is 0.866. The van der Waals surface area contributed by atoms with Gasteiger partial charge in [-0.25, -0.2) is 0 Å². The number of aliphatic hydroxyl groups excluding tert-OH is 1. The fraction of sp³-hybridized carbons (Fsp3) is 0.684. The van der Waals surface area contributed by atoms with Crippen molar-refractivity contribution in [3.63, 3.8) is 0 Å². The molecule has 2 atom stereocenters. The molecule has 1 aromatic carbocycles. The molecule has 0 amide bonds. The van der Waals surface area contributed by atoms with Crippen molar-refractivity contribution < 1.29 is 9.84 Å². The maximum absolute atomic E-state index is 9.88. The van der Waals surface area contributed by atoms with Gasteiger partial charge >= 0.3 is 0 Å². The van der Waals surface area contributed by atoms with E-state index in [0.29, 0.717) is 12.5 Å². The Hall–Kier alpha value is -1.02. The summed E-state index contributed by atoms with van der Waals surface area (Å²) in [4.78, 5) is 0. The van der Waals surface area contributed by atoms with Gasteiger partial charge in [0, 0.05) is 0 Å². The monoisotopic (exact) mass is 290 g/mol. The molecule has 1 aromatic rings. The maximum atomic E-state index is 9.88. The second-order valence-electron chi connectivity index (χ2n) is 7.33. The Morgan fingerprint density at radius 2 is 2.00 bits per heavy atom.